The van der Waals surface area contributed by atoms with Crippen LogP contribution >= 0.6 is 0 Å². The van der Waals surface area contributed by atoms with Gasteiger partial charge < -0.3 is 20.1 Å². The fraction of sp³-hybridized carbons (Fsp3) is 0.115. The Morgan fingerprint density at radius 2 is 1.70 bits per heavy atom. The summed E-state index contributed by atoms with van der Waals surface area (Å²) in [5, 5.41) is 6.97. The van der Waals surface area contributed by atoms with Crippen LogP contribution in [0.2, 0.25) is 0 Å². The minimum Gasteiger partial charge on any atom is -0.466 e. The number of rotatable bonds is 5. The first-order valence-corrected chi connectivity index (χ1v) is 10.3. The van der Waals surface area contributed by atoms with Crippen LogP contribution in [-0.2, 0) is 14.3 Å². The van der Waals surface area contributed by atoms with Crippen LogP contribution in [0.15, 0.2) is 84.1 Å². The first-order chi connectivity index (χ1) is 16.0. The number of allylic oxidation sites excluding steroid dienone is 1. The Morgan fingerprint density at radius 1 is 0.970 bits per heavy atom. The first kappa shape index (κ1) is 21.8. The minimum absolute atomic E-state index is 0.227. The molecule has 1 aliphatic heterocycles. The van der Waals surface area contributed by atoms with E-state index in [0.29, 0.717) is 11.3 Å². The third kappa shape index (κ3) is 4.62. The highest BCUT2D eigenvalue weighted by atomic mass is 16.5. The normalized spacial score (nSPS) is 15.8. The van der Waals surface area contributed by atoms with Gasteiger partial charge in [0.15, 0.2) is 0 Å². The molecule has 0 unspecified atom stereocenters. The van der Waals surface area contributed by atoms with Crippen LogP contribution in [0.25, 0.3) is 16.8 Å². The number of methoxy groups -OCH3 is 1. The maximum atomic E-state index is 12.6. The molecule has 3 aromatic rings. The van der Waals surface area contributed by atoms with Crippen molar-refractivity contribution in [3.8, 4) is 5.75 Å². The number of hydrogen-bond donors (Lipinski definition) is 2. The van der Waals surface area contributed by atoms with Crippen molar-refractivity contribution < 1.29 is 23.9 Å². The molecule has 3 aromatic carbocycles. The smallest absolute Gasteiger partial charge is 0.337 e. The molecule has 1 heterocycles. The van der Waals surface area contributed by atoms with E-state index in [1.165, 1.54) is 13.2 Å². The third-order valence-electron chi connectivity index (χ3n) is 5.32. The summed E-state index contributed by atoms with van der Waals surface area (Å²) in [6, 6.07) is 19.0. The molecule has 0 aromatic heterocycles. The van der Waals surface area contributed by atoms with Crippen molar-refractivity contribution in [3.63, 3.8) is 0 Å². The van der Waals surface area contributed by atoms with E-state index in [1.807, 2.05) is 60.7 Å². The lowest BCUT2D eigenvalue weighted by atomic mass is 9.90. The second kappa shape index (κ2) is 9.40. The van der Waals surface area contributed by atoms with Gasteiger partial charge in [-0.15, -0.1) is 0 Å². The summed E-state index contributed by atoms with van der Waals surface area (Å²) in [6.07, 6.45) is 2.98. The zero-order chi connectivity index (χ0) is 23.4. The fourth-order valence-electron chi connectivity index (χ4n) is 3.82. The predicted molar refractivity (Wildman–Crippen MR) is 124 cm³/mol. The standard InChI is InChI=1S/C26H22N2O5/c1-16-22(25(30)32-2)24(28-26(31)27-16)23-19-11-7-6-10-18(19)13-14-20(23)33-21(29)15-12-17-8-4-3-5-9-17/h3-15,24H,1-2H3,(H2,27,28,31)/b15-12+/t24-/m0/s1. The van der Waals surface area contributed by atoms with Crippen molar-refractivity contribution in [2.24, 2.45) is 0 Å². The van der Waals surface area contributed by atoms with E-state index in [-0.39, 0.29) is 11.3 Å². The molecule has 2 amide bonds. The average Bonchev–Trinajstić information content (AvgIpc) is 2.82. The van der Waals surface area contributed by atoms with Gasteiger partial charge in [0, 0.05) is 17.3 Å². The van der Waals surface area contributed by atoms with Gasteiger partial charge in [-0.05, 0) is 35.4 Å². The van der Waals surface area contributed by atoms with Crippen LogP contribution in [0.5, 0.6) is 5.75 Å². The number of urea groups is 1. The molecule has 1 aliphatic rings. The molecule has 7 nitrogen and oxygen atoms in total. The summed E-state index contributed by atoms with van der Waals surface area (Å²) in [6.45, 7) is 1.62. The molecule has 166 valence electrons. The first-order valence-electron chi connectivity index (χ1n) is 10.3. The number of benzene rings is 3. The Hall–Kier alpha value is -4.39. The predicted octanol–water partition coefficient (Wildman–Crippen LogP) is 4.26. The van der Waals surface area contributed by atoms with Crippen molar-refractivity contribution in [2.45, 2.75) is 13.0 Å². The van der Waals surface area contributed by atoms with Crippen molar-refractivity contribution in [1.29, 1.82) is 0 Å². The lowest BCUT2D eigenvalue weighted by Gasteiger charge is -2.29. The summed E-state index contributed by atoms with van der Waals surface area (Å²) < 4.78 is 10.6. The van der Waals surface area contributed by atoms with E-state index < -0.39 is 24.0 Å². The molecular formula is C26H22N2O5. The monoisotopic (exact) mass is 442 g/mol. The maximum absolute atomic E-state index is 12.6. The van der Waals surface area contributed by atoms with E-state index >= 15 is 0 Å². The van der Waals surface area contributed by atoms with Gasteiger partial charge in [-0.25, -0.2) is 14.4 Å². The van der Waals surface area contributed by atoms with Crippen molar-refractivity contribution in [2.75, 3.05) is 7.11 Å². The molecule has 0 saturated heterocycles. The number of amides is 2. The molecule has 4 rings (SSSR count). The molecule has 2 N–H and O–H groups in total. The van der Waals surface area contributed by atoms with Gasteiger partial charge in [0.05, 0.1) is 18.7 Å². The van der Waals surface area contributed by atoms with Crippen LogP contribution in [-0.4, -0.2) is 25.1 Å². The largest absolute Gasteiger partial charge is 0.466 e. The van der Waals surface area contributed by atoms with Gasteiger partial charge in [0.2, 0.25) is 0 Å². The summed E-state index contributed by atoms with van der Waals surface area (Å²) in [4.78, 5) is 37.6. The Labute approximate surface area is 190 Å². The molecule has 0 fully saturated rings. The number of fused-ring (bicyclic) bond motifs is 1. The number of esters is 2. The van der Waals surface area contributed by atoms with E-state index in [1.54, 1.807) is 19.1 Å². The highest BCUT2D eigenvalue weighted by Gasteiger charge is 2.35. The fourth-order valence-corrected chi connectivity index (χ4v) is 3.82. The topological polar surface area (TPSA) is 93.7 Å². The number of hydrogen-bond acceptors (Lipinski definition) is 5. The SMILES string of the molecule is COC(=O)C1=C(C)NC(=O)N[C@@H]1c1c(OC(=O)/C=C/c2ccccc2)ccc2ccccc12. The summed E-state index contributed by atoms with van der Waals surface area (Å²) in [5.41, 5.74) is 1.94. The third-order valence-corrected chi connectivity index (χ3v) is 5.32. The highest BCUT2D eigenvalue weighted by molar-refractivity contribution is 5.98. The van der Waals surface area contributed by atoms with Gasteiger partial charge in [-0.2, -0.15) is 0 Å². The van der Waals surface area contributed by atoms with Gasteiger partial charge in [-0.1, -0.05) is 60.7 Å². The number of carbonyl (C=O) groups is 3. The number of nitrogens with one attached hydrogen (secondary N) is 2. The van der Waals surface area contributed by atoms with E-state index in [2.05, 4.69) is 10.6 Å². The van der Waals surface area contributed by atoms with Gasteiger partial charge >= 0.3 is 18.0 Å². The van der Waals surface area contributed by atoms with Crippen LogP contribution in [0.3, 0.4) is 0 Å². The zero-order valence-corrected chi connectivity index (χ0v) is 18.1. The Bertz CT molecular complexity index is 1290. The Morgan fingerprint density at radius 3 is 2.45 bits per heavy atom. The second-order valence-electron chi connectivity index (χ2n) is 7.43. The molecule has 0 aliphatic carbocycles. The van der Waals surface area contributed by atoms with Crippen molar-refractivity contribution >= 4 is 34.8 Å². The van der Waals surface area contributed by atoms with Crippen molar-refractivity contribution in [1.82, 2.24) is 10.6 Å². The van der Waals surface area contributed by atoms with Gasteiger partial charge in [0.25, 0.3) is 0 Å². The molecule has 7 heteroatoms. The molecule has 1 atom stereocenters. The molecule has 33 heavy (non-hydrogen) atoms. The quantitative estimate of drug-likeness (QED) is 0.350. The van der Waals surface area contributed by atoms with E-state index in [4.69, 9.17) is 9.47 Å². The zero-order valence-electron chi connectivity index (χ0n) is 18.1. The highest BCUT2D eigenvalue weighted by Crippen LogP contribution is 2.38. The van der Waals surface area contributed by atoms with Crippen LogP contribution in [0.1, 0.15) is 24.1 Å². The summed E-state index contributed by atoms with van der Waals surface area (Å²) in [7, 11) is 1.27. The Balaban J connectivity index is 1.80. The number of ether oxygens (including phenoxy) is 2. The van der Waals surface area contributed by atoms with Crippen LogP contribution < -0.4 is 15.4 Å². The molecule has 0 radical (unpaired) electrons. The average molecular weight is 442 g/mol. The molecule has 0 spiro atoms. The minimum atomic E-state index is -0.877. The number of carbonyl (C=O) groups excluding carboxylic acids is 3. The van der Waals surface area contributed by atoms with Gasteiger partial charge in [0.1, 0.15) is 5.75 Å². The lowest BCUT2D eigenvalue weighted by Crippen LogP contribution is -2.45. The summed E-state index contributed by atoms with van der Waals surface area (Å²) >= 11 is 0. The summed E-state index contributed by atoms with van der Waals surface area (Å²) in [5.74, 6) is -0.951. The Kier molecular flexibility index (Phi) is 6.22. The van der Waals surface area contributed by atoms with Crippen LogP contribution in [0.4, 0.5) is 4.79 Å². The van der Waals surface area contributed by atoms with Gasteiger partial charge in [-0.3, -0.25) is 0 Å². The van der Waals surface area contributed by atoms with E-state index in [9.17, 15) is 14.4 Å². The van der Waals surface area contributed by atoms with Crippen LogP contribution in [0, 0.1) is 0 Å². The second-order valence-corrected chi connectivity index (χ2v) is 7.43. The lowest BCUT2D eigenvalue weighted by molar-refractivity contribution is -0.136. The molecule has 0 saturated carbocycles. The molecule has 0 bridgehead atoms. The van der Waals surface area contributed by atoms with E-state index in [0.717, 1.165) is 16.3 Å². The molecular weight excluding hydrogens is 420 g/mol. The van der Waals surface area contributed by atoms with Crippen molar-refractivity contribution in [3.05, 3.63) is 95.2 Å². The maximum Gasteiger partial charge on any atom is 0.337 e.